The van der Waals surface area contributed by atoms with Gasteiger partial charge in [0, 0.05) is 12.1 Å². The lowest BCUT2D eigenvalue weighted by Gasteiger charge is -2.26. The molecular formula is C14H18INO4. The van der Waals surface area contributed by atoms with Gasteiger partial charge < -0.3 is 15.5 Å². The maximum absolute atomic E-state index is 12.0. The smallest absolute Gasteiger partial charge is 0.311 e. The summed E-state index contributed by atoms with van der Waals surface area (Å²) in [5, 5.41) is 21.5. The average molecular weight is 391 g/mol. The number of aromatic hydroxyl groups is 1. The van der Waals surface area contributed by atoms with E-state index in [0.717, 1.165) is 0 Å². The van der Waals surface area contributed by atoms with Crippen molar-refractivity contribution in [3.63, 3.8) is 0 Å². The Morgan fingerprint density at radius 3 is 2.35 bits per heavy atom. The van der Waals surface area contributed by atoms with Crippen molar-refractivity contribution in [3.8, 4) is 5.75 Å². The van der Waals surface area contributed by atoms with E-state index in [0.29, 0.717) is 22.0 Å². The first-order chi connectivity index (χ1) is 9.36. The van der Waals surface area contributed by atoms with Crippen molar-refractivity contribution in [1.82, 2.24) is 5.32 Å². The van der Waals surface area contributed by atoms with Gasteiger partial charge in [-0.25, -0.2) is 0 Å². The third kappa shape index (κ3) is 3.62. The van der Waals surface area contributed by atoms with Gasteiger partial charge in [0.1, 0.15) is 5.75 Å². The molecule has 0 aliphatic heterocycles. The number of rotatable bonds is 6. The molecule has 20 heavy (non-hydrogen) atoms. The Morgan fingerprint density at radius 2 is 1.90 bits per heavy atom. The largest absolute Gasteiger partial charge is 0.507 e. The van der Waals surface area contributed by atoms with E-state index in [2.05, 4.69) is 5.32 Å². The SMILES string of the molecule is CCC(CC)(CNC(=O)c1ccc(I)c(O)c1)C(=O)O. The molecule has 0 aliphatic carbocycles. The van der Waals surface area contributed by atoms with Crippen LogP contribution in [0.4, 0.5) is 0 Å². The number of phenolic OH excluding ortho intramolecular Hbond substituents is 1. The summed E-state index contributed by atoms with van der Waals surface area (Å²) in [7, 11) is 0. The number of hydrogen-bond donors (Lipinski definition) is 3. The number of aliphatic carboxylic acids is 1. The van der Waals surface area contributed by atoms with Crippen molar-refractivity contribution in [2.45, 2.75) is 26.7 Å². The minimum Gasteiger partial charge on any atom is -0.507 e. The van der Waals surface area contributed by atoms with Gasteiger partial charge in [-0.2, -0.15) is 0 Å². The summed E-state index contributed by atoms with van der Waals surface area (Å²) in [6.07, 6.45) is 0.883. The van der Waals surface area contributed by atoms with Gasteiger partial charge >= 0.3 is 5.97 Å². The summed E-state index contributed by atoms with van der Waals surface area (Å²) in [6.45, 7) is 3.65. The molecular weight excluding hydrogens is 373 g/mol. The molecule has 1 amide bonds. The molecule has 0 radical (unpaired) electrons. The van der Waals surface area contributed by atoms with Crippen LogP contribution in [0.2, 0.25) is 0 Å². The molecule has 3 N–H and O–H groups in total. The Balaban J connectivity index is 2.80. The van der Waals surface area contributed by atoms with Crippen LogP contribution in [0.5, 0.6) is 5.75 Å². The van der Waals surface area contributed by atoms with Gasteiger partial charge in [0.25, 0.3) is 5.91 Å². The fourth-order valence-electron chi connectivity index (χ4n) is 1.88. The highest BCUT2D eigenvalue weighted by Gasteiger charge is 2.35. The zero-order chi connectivity index (χ0) is 15.3. The van der Waals surface area contributed by atoms with Gasteiger partial charge in [-0.15, -0.1) is 0 Å². The van der Waals surface area contributed by atoms with Crippen LogP contribution in [-0.2, 0) is 4.79 Å². The molecule has 110 valence electrons. The topological polar surface area (TPSA) is 86.6 Å². The van der Waals surface area contributed by atoms with Crippen LogP contribution in [0.1, 0.15) is 37.0 Å². The van der Waals surface area contributed by atoms with Crippen LogP contribution in [0.3, 0.4) is 0 Å². The molecule has 0 aliphatic rings. The Hall–Kier alpha value is -1.31. The van der Waals surface area contributed by atoms with Gasteiger partial charge in [-0.1, -0.05) is 13.8 Å². The van der Waals surface area contributed by atoms with E-state index in [1.165, 1.54) is 6.07 Å². The highest BCUT2D eigenvalue weighted by atomic mass is 127. The molecule has 0 fully saturated rings. The van der Waals surface area contributed by atoms with Crippen molar-refractivity contribution in [1.29, 1.82) is 0 Å². The molecule has 0 heterocycles. The number of amides is 1. The Bertz CT molecular complexity index is 512. The molecule has 0 unspecified atom stereocenters. The van der Waals surface area contributed by atoms with Crippen LogP contribution in [0, 0.1) is 8.99 Å². The summed E-state index contributed by atoms with van der Waals surface area (Å²) in [5.74, 6) is -1.26. The third-order valence-electron chi connectivity index (χ3n) is 3.60. The lowest BCUT2D eigenvalue weighted by Crippen LogP contribution is -2.42. The Morgan fingerprint density at radius 1 is 1.30 bits per heavy atom. The van der Waals surface area contributed by atoms with Crippen LogP contribution in [0.15, 0.2) is 18.2 Å². The molecule has 1 aromatic rings. The van der Waals surface area contributed by atoms with Crippen molar-refractivity contribution in [3.05, 3.63) is 27.3 Å². The second kappa shape index (κ2) is 6.92. The molecule has 0 saturated heterocycles. The number of hydrogen-bond acceptors (Lipinski definition) is 3. The Labute approximate surface area is 131 Å². The molecule has 0 atom stereocenters. The zero-order valence-corrected chi connectivity index (χ0v) is 13.6. The van der Waals surface area contributed by atoms with E-state index in [1.54, 1.807) is 26.0 Å². The molecule has 0 spiro atoms. The molecule has 0 saturated carbocycles. The number of phenols is 1. The zero-order valence-electron chi connectivity index (χ0n) is 11.4. The van der Waals surface area contributed by atoms with Gasteiger partial charge in [-0.05, 0) is 53.6 Å². The number of carbonyl (C=O) groups is 2. The predicted molar refractivity (Wildman–Crippen MR) is 83.8 cm³/mol. The molecule has 5 nitrogen and oxygen atoms in total. The summed E-state index contributed by atoms with van der Waals surface area (Å²) < 4.78 is 0.654. The van der Waals surface area contributed by atoms with Gasteiger partial charge in [0.2, 0.25) is 0 Å². The van der Waals surface area contributed by atoms with E-state index in [-0.39, 0.29) is 18.2 Å². The third-order valence-corrected chi connectivity index (χ3v) is 4.52. The molecule has 1 rings (SSSR count). The standard InChI is InChI=1S/C14H18INO4/c1-3-14(4-2,13(19)20)8-16-12(18)9-5-6-10(15)11(17)7-9/h5-7,17H,3-4,8H2,1-2H3,(H,16,18)(H,19,20). The highest BCUT2D eigenvalue weighted by molar-refractivity contribution is 14.1. The van der Waals surface area contributed by atoms with Gasteiger partial charge in [-0.3, -0.25) is 9.59 Å². The predicted octanol–water partition coefficient (Wildman–Crippen LogP) is 2.62. The Kier molecular flexibility index (Phi) is 5.79. The average Bonchev–Trinajstić information content (AvgIpc) is 2.43. The highest BCUT2D eigenvalue weighted by Crippen LogP contribution is 2.26. The van der Waals surface area contributed by atoms with Gasteiger partial charge in [0.15, 0.2) is 0 Å². The number of carboxylic acid groups (broad SMARTS) is 1. The molecule has 0 aromatic heterocycles. The van der Waals surface area contributed by atoms with E-state index in [9.17, 15) is 19.8 Å². The first kappa shape index (κ1) is 16.7. The minimum absolute atomic E-state index is 0.0359. The monoisotopic (exact) mass is 391 g/mol. The van der Waals surface area contributed by atoms with Crippen molar-refractivity contribution in [2.75, 3.05) is 6.54 Å². The second-order valence-electron chi connectivity index (χ2n) is 4.64. The lowest BCUT2D eigenvalue weighted by molar-refractivity contribution is -0.149. The number of carbonyl (C=O) groups excluding carboxylic acids is 1. The fraction of sp³-hybridized carbons (Fsp3) is 0.429. The first-order valence-electron chi connectivity index (χ1n) is 6.36. The maximum Gasteiger partial charge on any atom is 0.311 e. The molecule has 6 heteroatoms. The maximum atomic E-state index is 12.0. The summed E-state index contributed by atoms with van der Waals surface area (Å²) >= 11 is 1.96. The second-order valence-corrected chi connectivity index (χ2v) is 5.80. The van der Waals surface area contributed by atoms with E-state index < -0.39 is 11.4 Å². The van der Waals surface area contributed by atoms with E-state index in [1.807, 2.05) is 22.6 Å². The normalized spacial score (nSPS) is 11.2. The van der Waals surface area contributed by atoms with E-state index >= 15 is 0 Å². The van der Waals surface area contributed by atoms with Crippen molar-refractivity contribution < 1.29 is 19.8 Å². The lowest BCUT2D eigenvalue weighted by atomic mass is 9.82. The summed E-state index contributed by atoms with van der Waals surface area (Å²) in [4.78, 5) is 23.3. The number of benzene rings is 1. The van der Waals surface area contributed by atoms with Gasteiger partial charge in [0.05, 0.1) is 8.99 Å². The van der Waals surface area contributed by atoms with Crippen LogP contribution in [-0.4, -0.2) is 28.6 Å². The minimum atomic E-state index is -0.944. The summed E-state index contributed by atoms with van der Waals surface area (Å²) in [6, 6.07) is 4.60. The van der Waals surface area contributed by atoms with Crippen molar-refractivity contribution >= 4 is 34.5 Å². The first-order valence-corrected chi connectivity index (χ1v) is 7.44. The molecule has 0 bridgehead atoms. The number of carboxylic acids is 1. The fourth-order valence-corrected chi connectivity index (χ4v) is 2.22. The summed E-state index contributed by atoms with van der Waals surface area (Å²) in [5.41, 5.74) is -0.629. The van der Waals surface area contributed by atoms with Crippen LogP contribution >= 0.6 is 22.6 Å². The van der Waals surface area contributed by atoms with Crippen LogP contribution < -0.4 is 5.32 Å². The molecule has 1 aromatic carbocycles. The quantitative estimate of drug-likeness (QED) is 0.651. The van der Waals surface area contributed by atoms with Crippen LogP contribution in [0.25, 0.3) is 0 Å². The number of halogens is 1. The van der Waals surface area contributed by atoms with E-state index in [4.69, 9.17) is 0 Å². The number of nitrogens with one attached hydrogen (secondary N) is 1. The van der Waals surface area contributed by atoms with Crippen molar-refractivity contribution in [2.24, 2.45) is 5.41 Å².